The Morgan fingerprint density at radius 3 is 2.36 bits per heavy atom. The van der Waals surface area contributed by atoms with Gasteiger partial charge in [-0.15, -0.1) is 0 Å². The van der Waals surface area contributed by atoms with E-state index in [2.05, 4.69) is 0 Å². The van der Waals surface area contributed by atoms with E-state index < -0.39 is 35.5 Å². The number of ether oxygens (including phenoxy) is 3. The molecule has 1 heterocycles. The molecule has 118 valence electrons. The maximum absolute atomic E-state index is 12.7. The average molecular weight is 306 g/mol. The van der Waals surface area contributed by atoms with Crippen molar-refractivity contribution in [3.8, 4) is 0 Å². The molecule has 0 aliphatic carbocycles. The molecule has 6 nitrogen and oxygen atoms in total. The first-order chi connectivity index (χ1) is 10.3. The zero-order valence-corrected chi connectivity index (χ0v) is 12.7. The Kier molecular flexibility index (Phi) is 4.61. The molecule has 1 aromatic rings. The van der Waals surface area contributed by atoms with Crippen molar-refractivity contribution >= 4 is 17.7 Å². The molecule has 0 bridgehead atoms. The molecule has 3 atom stereocenters. The number of benzene rings is 1. The summed E-state index contributed by atoms with van der Waals surface area (Å²) >= 11 is 0. The lowest BCUT2D eigenvalue weighted by molar-refractivity contribution is -0.204. The van der Waals surface area contributed by atoms with Crippen molar-refractivity contribution in [3.63, 3.8) is 0 Å². The molecular weight excluding hydrogens is 288 g/mol. The molecule has 1 aromatic carbocycles. The van der Waals surface area contributed by atoms with Crippen molar-refractivity contribution in [1.29, 1.82) is 0 Å². The van der Waals surface area contributed by atoms with E-state index in [4.69, 9.17) is 14.2 Å². The van der Waals surface area contributed by atoms with E-state index in [1.807, 2.05) is 6.07 Å². The normalized spacial score (nSPS) is 28.0. The van der Waals surface area contributed by atoms with Crippen LogP contribution in [0.4, 0.5) is 0 Å². The molecule has 1 saturated heterocycles. The molecule has 0 amide bonds. The van der Waals surface area contributed by atoms with E-state index >= 15 is 0 Å². The number of hydrogen-bond donors (Lipinski definition) is 0. The van der Waals surface area contributed by atoms with E-state index in [-0.39, 0.29) is 6.61 Å². The topological polar surface area (TPSA) is 78.9 Å². The lowest BCUT2D eigenvalue weighted by atomic mass is 9.88. The fourth-order valence-corrected chi connectivity index (χ4v) is 2.45. The second-order valence-corrected chi connectivity index (χ2v) is 5.36. The van der Waals surface area contributed by atoms with Crippen molar-refractivity contribution in [2.45, 2.75) is 38.6 Å². The van der Waals surface area contributed by atoms with Gasteiger partial charge in [-0.2, -0.15) is 0 Å². The Labute approximate surface area is 128 Å². The molecule has 0 saturated carbocycles. The Bertz CT molecular complexity index is 582. The molecule has 1 aliphatic rings. The summed E-state index contributed by atoms with van der Waals surface area (Å²) < 4.78 is 15.9. The zero-order valence-electron chi connectivity index (χ0n) is 12.7. The van der Waals surface area contributed by atoms with Crippen LogP contribution >= 0.6 is 0 Å². The van der Waals surface area contributed by atoms with Gasteiger partial charge in [-0.3, -0.25) is 14.4 Å². The van der Waals surface area contributed by atoms with Crippen LogP contribution in [0.2, 0.25) is 0 Å². The second kappa shape index (κ2) is 6.27. The van der Waals surface area contributed by atoms with E-state index in [1.54, 1.807) is 24.3 Å². The Morgan fingerprint density at radius 2 is 1.82 bits per heavy atom. The highest BCUT2D eigenvalue weighted by Gasteiger charge is 2.51. The van der Waals surface area contributed by atoms with Gasteiger partial charge in [0.1, 0.15) is 6.10 Å². The summed E-state index contributed by atoms with van der Waals surface area (Å²) in [5.74, 6) is -1.69. The number of esters is 2. The van der Waals surface area contributed by atoms with Crippen LogP contribution in [0, 0.1) is 0 Å². The van der Waals surface area contributed by atoms with Gasteiger partial charge in [0.15, 0.2) is 11.7 Å². The minimum Gasteiger partial charge on any atom is -0.451 e. The predicted octanol–water partition coefficient (Wildman–Crippen LogP) is 1.58. The van der Waals surface area contributed by atoms with Crippen molar-refractivity contribution < 1.29 is 28.6 Å². The fourth-order valence-electron chi connectivity index (χ4n) is 2.45. The van der Waals surface area contributed by atoms with Crippen molar-refractivity contribution in [2.24, 2.45) is 0 Å². The van der Waals surface area contributed by atoms with Gasteiger partial charge in [-0.05, 0) is 12.5 Å². The lowest BCUT2D eigenvalue weighted by Crippen LogP contribution is -2.56. The molecule has 0 N–H and O–H groups in total. The van der Waals surface area contributed by atoms with Crippen LogP contribution in [-0.4, -0.2) is 36.0 Å². The van der Waals surface area contributed by atoms with Crippen LogP contribution in [0.5, 0.6) is 0 Å². The van der Waals surface area contributed by atoms with Gasteiger partial charge in [0.2, 0.25) is 5.78 Å². The summed E-state index contributed by atoms with van der Waals surface area (Å²) in [4.78, 5) is 35.2. The number of carbonyl (C=O) groups excluding carboxylic acids is 3. The standard InChI is InChI=1S/C16H18O6/c1-10(17)21-14-13(12-7-5-4-6-8-12)20-9-16(3,15(14)19)22-11(2)18/h4-8,13-14H,9H2,1-3H3. The number of rotatable bonds is 3. The molecule has 2 rings (SSSR count). The highest BCUT2D eigenvalue weighted by Crippen LogP contribution is 2.34. The third kappa shape index (κ3) is 3.33. The number of ketones is 1. The number of hydrogen-bond acceptors (Lipinski definition) is 6. The van der Waals surface area contributed by atoms with Gasteiger partial charge in [0, 0.05) is 13.8 Å². The molecule has 3 unspecified atom stereocenters. The third-order valence-corrected chi connectivity index (χ3v) is 3.38. The van der Waals surface area contributed by atoms with Gasteiger partial charge in [-0.25, -0.2) is 0 Å². The molecule has 1 fully saturated rings. The van der Waals surface area contributed by atoms with Gasteiger partial charge in [0.25, 0.3) is 0 Å². The van der Waals surface area contributed by atoms with Crippen LogP contribution in [-0.2, 0) is 28.6 Å². The molecule has 1 aliphatic heterocycles. The second-order valence-electron chi connectivity index (χ2n) is 5.36. The minimum atomic E-state index is -1.46. The number of Topliss-reactive ketones (excluding diaryl/α,β-unsaturated/α-hetero) is 1. The molecule has 0 radical (unpaired) electrons. The monoisotopic (exact) mass is 306 g/mol. The quantitative estimate of drug-likeness (QED) is 0.789. The van der Waals surface area contributed by atoms with Crippen LogP contribution < -0.4 is 0 Å². The highest BCUT2D eigenvalue weighted by atomic mass is 16.6. The zero-order chi connectivity index (χ0) is 16.3. The minimum absolute atomic E-state index is 0.0945. The molecule has 6 heteroatoms. The summed E-state index contributed by atoms with van der Waals surface area (Å²) in [5, 5.41) is 0. The van der Waals surface area contributed by atoms with E-state index in [0.717, 1.165) is 0 Å². The van der Waals surface area contributed by atoms with E-state index in [1.165, 1.54) is 20.8 Å². The van der Waals surface area contributed by atoms with Crippen molar-refractivity contribution in [2.75, 3.05) is 6.61 Å². The highest BCUT2D eigenvalue weighted by molar-refractivity contribution is 5.95. The molecule has 22 heavy (non-hydrogen) atoms. The summed E-state index contributed by atoms with van der Waals surface area (Å²) in [6.45, 7) is 3.78. The maximum Gasteiger partial charge on any atom is 0.303 e. The van der Waals surface area contributed by atoms with Crippen LogP contribution in [0.3, 0.4) is 0 Å². The van der Waals surface area contributed by atoms with E-state index in [0.29, 0.717) is 5.56 Å². The van der Waals surface area contributed by atoms with Crippen LogP contribution in [0.1, 0.15) is 32.4 Å². The van der Waals surface area contributed by atoms with Gasteiger partial charge >= 0.3 is 11.9 Å². The van der Waals surface area contributed by atoms with Gasteiger partial charge < -0.3 is 14.2 Å². The average Bonchev–Trinajstić information content (AvgIpc) is 2.44. The van der Waals surface area contributed by atoms with Crippen LogP contribution in [0.25, 0.3) is 0 Å². The largest absolute Gasteiger partial charge is 0.451 e. The van der Waals surface area contributed by atoms with Gasteiger partial charge in [0.05, 0.1) is 6.61 Å². The first-order valence-corrected chi connectivity index (χ1v) is 6.91. The third-order valence-electron chi connectivity index (χ3n) is 3.38. The van der Waals surface area contributed by atoms with Crippen molar-refractivity contribution in [3.05, 3.63) is 35.9 Å². The Balaban J connectivity index is 2.33. The molecular formula is C16H18O6. The maximum atomic E-state index is 12.7. The Hall–Kier alpha value is -2.21. The summed E-state index contributed by atoms with van der Waals surface area (Å²) in [7, 11) is 0. The van der Waals surface area contributed by atoms with Gasteiger partial charge in [-0.1, -0.05) is 30.3 Å². The summed E-state index contributed by atoms with van der Waals surface area (Å²) in [6.07, 6.45) is -1.88. The fraction of sp³-hybridized carbons (Fsp3) is 0.438. The molecule has 0 spiro atoms. The SMILES string of the molecule is CC(=O)OC1C(=O)C(C)(OC(C)=O)COC1c1ccccc1. The smallest absolute Gasteiger partial charge is 0.303 e. The lowest BCUT2D eigenvalue weighted by Gasteiger charge is -2.39. The predicted molar refractivity (Wildman–Crippen MR) is 75.9 cm³/mol. The summed E-state index contributed by atoms with van der Waals surface area (Å²) in [6, 6.07) is 8.99. The molecule has 0 aromatic heterocycles. The Morgan fingerprint density at radius 1 is 1.18 bits per heavy atom. The van der Waals surface area contributed by atoms with E-state index in [9.17, 15) is 14.4 Å². The summed E-state index contributed by atoms with van der Waals surface area (Å²) in [5.41, 5.74) is -0.746. The first kappa shape index (κ1) is 16.2. The number of carbonyl (C=O) groups is 3. The van der Waals surface area contributed by atoms with Crippen molar-refractivity contribution in [1.82, 2.24) is 0 Å². The van der Waals surface area contributed by atoms with Crippen LogP contribution in [0.15, 0.2) is 30.3 Å². The first-order valence-electron chi connectivity index (χ1n) is 6.91.